The Morgan fingerprint density at radius 1 is 1.12 bits per heavy atom. The predicted molar refractivity (Wildman–Crippen MR) is 87.9 cm³/mol. The molecule has 0 bridgehead atoms. The van der Waals surface area contributed by atoms with Crippen LogP contribution in [0, 0.1) is 5.82 Å². The maximum Gasteiger partial charge on any atom is 0.348 e. The van der Waals surface area contributed by atoms with E-state index in [0.717, 1.165) is 29.3 Å². The number of para-hydroxylation sites is 1. The van der Waals surface area contributed by atoms with Crippen LogP contribution in [0.2, 0.25) is 0 Å². The highest BCUT2D eigenvalue weighted by Crippen LogP contribution is 2.35. The van der Waals surface area contributed by atoms with Gasteiger partial charge in [-0.1, -0.05) is 25.1 Å². The van der Waals surface area contributed by atoms with Gasteiger partial charge in [-0.2, -0.15) is 8.78 Å². The van der Waals surface area contributed by atoms with Gasteiger partial charge in [0.25, 0.3) is 0 Å². The van der Waals surface area contributed by atoms with Crippen LogP contribution in [0.25, 0.3) is 10.9 Å². The molecule has 0 amide bonds. The van der Waals surface area contributed by atoms with E-state index >= 15 is 0 Å². The number of benzene rings is 1. The third-order valence-electron chi connectivity index (χ3n) is 3.68. The summed E-state index contributed by atoms with van der Waals surface area (Å²) >= 11 is 1.28. The van der Waals surface area contributed by atoms with Crippen molar-refractivity contribution in [2.45, 2.75) is 24.3 Å². The van der Waals surface area contributed by atoms with E-state index in [2.05, 4.69) is 15.0 Å². The highest BCUT2D eigenvalue weighted by Gasteiger charge is 2.40. The first-order chi connectivity index (χ1) is 11.5. The number of aromatic nitrogens is 3. The smallest absolute Gasteiger partial charge is 0.251 e. The molecule has 1 aromatic carbocycles. The lowest BCUT2D eigenvalue weighted by Gasteiger charge is -2.16. The standard InChI is InChI=1S/C17H14F3N3S/c1-3-10-5-4-6-12-14(10)22-16(23-15(12)24-2)17(19,20)13-8-7-11(18)9-21-13/h4-9H,3H2,1-2H3. The Labute approximate surface area is 141 Å². The van der Waals surface area contributed by atoms with Crippen LogP contribution in [0.15, 0.2) is 41.6 Å². The van der Waals surface area contributed by atoms with Crippen LogP contribution in [0.5, 0.6) is 0 Å². The van der Waals surface area contributed by atoms with E-state index in [1.54, 1.807) is 6.26 Å². The van der Waals surface area contributed by atoms with Gasteiger partial charge in [0.15, 0.2) is 0 Å². The van der Waals surface area contributed by atoms with Gasteiger partial charge in [0.1, 0.15) is 16.5 Å². The summed E-state index contributed by atoms with van der Waals surface area (Å²) < 4.78 is 42.5. The molecule has 0 saturated heterocycles. The molecule has 0 spiro atoms. The predicted octanol–water partition coefficient (Wildman–Crippen LogP) is 4.59. The molecule has 0 aliphatic heterocycles. The number of rotatable bonds is 4. The summed E-state index contributed by atoms with van der Waals surface area (Å²) in [6.07, 6.45) is 3.21. The summed E-state index contributed by atoms with van der Waals surface area (Å²) in [6.45, 7) is 1.94. The number of thioether (sulfide) groups is 1. The fourth-order valence-electron chi connectivity index (χ4n) is 2.44. The van der Waals surface area contributed by atoms with Gasteiger partial charge in [0, 0.05) is 5.39 Å². The summed E-state index contributed by atoms with van der Waals surface area (Å²) in [5, 5.41) is 1.22. The summed E-state index contributed by atoms with van der Waals surface area (Å²) in [7, 11) is 0. The Hall–Kier alpha value is -2.15. The first kappa shape index (κ1) is 16.7. The zero-order valence-electron chi connectivity index (χ0n) is 13.1. The van der Waals surface area contributed by atoms with Crippen molar-refractivity contribution in [1.29, 1.82) is 0 Å². The molecule has 0 atom stereocenters. The lowest BCUT2D eigenvalue weighted by atomic mass is 10.1. The molecule has 0 unspecified atom stereocenters. The van der Waals surface area contributed by atoms with Gasteiger partial charge < -0.3 is 0 Å². The van der Waals surface area contributed by atoms with E-state index in [0.29, 0.717) is 17.0 Å². The third-order valence-corrected chi connectivity index (χ3v) is 4.38. The summed E-state index contributed by atoms with van der Waals surface area (Å²) in [6, 6.07) is 7.44. The van der Waals surface area contributed by atoms with Crippen molar-refractivity contribution in [2.24, 2.45) is 0 Å². The van der Waals surface area contributed by atoms with Gasteiger partial charge in [0.2, 0.25) is 5.82 Å². The second-order valence-electron chi connectivity index (χ2n) is 5.16. The van der Waals surface area contributed by atoms with Crippen LogP contribution in [-0.2, 0) is 12.3 Å². The van der Waals surface area contributed by atoms with E-state index in [-0.39, 0.29) is 0 Å². The van der Waals surface area contributed by atoms with Crippen molar-refractivity contribution in [3.05, 3.63) is 59.4 Å². The van der Waals surface area contributed by atoms with E-state index < -0.39 is 23.3 Å². The van der Waals surface area contributed by atoms with Gasteiger partial charge in [-0.15, -0.1) is 11.8 Å². The van der Waals surface area contributed by atoms with Crippen molar-refractivity contribution in [3.8, 4) is 0 Å². The Morgan fingerprint density at radius 3 is 2.54 bits per heavy atom. The Kier molecular flexibility index (Phi) is 4.45. The number of pyridine rings is 1. The number of nitrogens with zero attached hydrogens (tertiary/aromatic N) is 3. The molecule has 3 nitrogen and oxygen atoms in total. The lowest BCUT2D eigenvalue weighted by Crippen LogP contribution is -2.21. The molecule has 3 rings (SSSR count). The average Bonchev–Trinajstić information content (AvgIpc) is 2.60. The first-order valence-corrected chi connectivity index (χ1v) is 8.53. The van der Waals surface area contributed by atoms with Gasteiger partial charge in [0.05, 0.1) is 11.7 Å². The molecule has 24 heavy (non-hydrogen) atoms. The fraction of sp³-hybridized carbons (Fsp3) is 0.235. The monoisotopic (exact) mass is 349 g/mol. The van der Waals surface area contributed by atoms with Crippen LogP contribution in [0.4, 0.5) is 13.2 Å². The molecule has 0 fully saturated rings. The van der Waals surface area contributed by atoms with Crippen LogP contribution in [0.3, 0.4) is 0 Å². The van der Waals surface area contributed by atoms with Crippen LogP contribution in [-0.4, -0.2) is 21.2 Å². The number of alkyl halides is 2. The minimum absolute atomic E-state index is 0.479. The van der Waals surface area contributed by atoms with Crippen LogP contribution < -0.4 is 0 Å². The van der Waals surface area contributed by atoms with Gasteiger partial charge in [-0.3, -0.25) is 4.98 Å². The van der Waals surface area contributed by atoms with Gasteiger partial charge in [-0.05, 0) is 30.4 Å². The average molecular weight is 349 g/mol. The number of hydrogen-bond donors (Lipinski definition) is 0. The summed E-state index contributed by atoms with van der Waals surface area (Å²) in [5.41, 5.74) is 0.801. The van der Waals surface area contributed by atoms with Crippen LogP contribution >= 0.6 is 11.8 Å². The van der Waals surface area contributed by atoms with Crippen molar-refractivity contribution in [3.63, 3.8) is 0 Å². The van der Waals surface area contributed by atoms with E-state index in [9.17, 15) is 13.2 Å². The summed E-state index contributed by atoms with van der Waals surface area (Å²) in [4.78, 5) is 11.6. The minimum Gasteiger partial charge on any atom is -0.251 e. The zero-order chi connectivity index (χ0) is 17.3. The van der Waals surface area contributed by atoms with Crippen molar-refractivity contribution < 1.29 is 13.2 Å². The SMILES string of the molecule is CCc1cccc2c(SC)nc(C(F)(F)c3ccc(F)cn3)nc12. The number of halogens is 3. The molecular weight excluding hydrogens is 335 g/mol. The molecule has 0 radical (unpaired) electrons. The molecule has 3 aromatic rings. The largest absolute Gasteiger partial charge is 0.348 e. The topological polar surface area (TPSA) is 38.7 Å². The molecule has 0 aliphatic carbocycles. The fourth-order valence-corrected chi connectivity index (χ4v) is 3.00. The van der Waals surface area contributed by atoms with Gasteiger partial charge >= 0.3 is 5.92 Å². The number of fused-ring (bicyclic) bond motifs is 1. The molecule has 0 N–H and O–H groups in total. The normalized spacial score (nSPS) is 11.9. The third kappa shape index (κ3) is 2.84. The second kappa shape index (κ2) is 6.39. The number of hydrogen-bond acceptors (Lipinski definition) is 4. The maximum atomic E-state index is 14.8. The lowest BCUT2D eigenvalue weighted by molar-refractivity contribution is 0.0277. The highest BCUT2D eigenvalue weighted by molar-refractivity contribution is 7.98. The quantitative estimate of drug-likeness (QED) is 0.510. The van der Waals surface area contributed by atoms with E-state index in [1.807, 2.05) is 25.1 Å². The Morgan fingerprint density at radius 2 is 1.92 bits per heavy atom. The van der Waals surface area contributed by atoms with E-state index in [4.69, 9.17) is 0 Å². The first-order valence-electron chi connectivity index (χ1n) is 7.31. The molecular formula is C17H14F3N3S. The van der Waals surface area contributed by atoms with Crippen molar-refractivity contribution >= 4 is 22.7 Å². The Balaban J connectivity index is 2.23. The molecule has 2 heterocycles. The molecule has 0 aliphatic rings. The zero-order valence-corrected chi connectivity index (χ0v) is 13.9. The summed E-state index contributed by atoms with van der Waals surface area (Å²) in [5.74, 6) is -4.81. The molecule has 7 heteroatoms. The molecule has 2 aromatic heterocycles. The molecule has 0 saturated carbocycles. The second-order valence-corrected chi connectivity index (χ2v) is 5.95. The number of aryl methyl sites for hydroxylation is 1. The van der Waals surface area contributed by atoms with Gasteiger partial charge in [-0.25, -0.2) is 14.4 Å². The maximum absolute atomic E-state index is 14.8. The van der Waals surface area contributed by atoms with E-state index in [1.165, 1.54) is 11.8 Å². The molecule has 124 valence electrons. The van der Waals surface area contributed by atoms with Crippen molar-refractivity contribution in [1.82, 2.24) is 15.0 Å². The van der Waals surface area contributed by atoms with Crippen LogP contribution in [0.1, 0.15) is 24.0 Å². The Bertz CT molecular complexity index is 882. The highest BCUT2D eigenvalue weighted by atomic mass is 32.2. The minimum atomic E-state index is -3.51. The van der Waals surface area contributed by atoms with Crippen molar-refractivity contribution in [2.75, 3.05) is 6.26 Å².